The van der Waals surface area contributed by atoms with Crippen molar-refractivity contribution in [3.05, 3.63) is 71.6 Å². The molecule has 37 heavy (non-hydrogen) atoms. The number of fused-ring (bicyclic) bond motifs is 2. The Kier molecular flexibility index (Phi) is 5.91. The van der Waals surface area contributed by atoms with Gasteiger partial charge in [-0.2, -0.15) is 0 Å². The van der Waals surface area contributed by atoms with Gasteiger partial charge < -0.3 is 15.3 Å². The van der Waals surface area contributed by atoms with Gasteiger partial charge in [-0.25, -0.2) is 27.2 Å². The maximum absolute atomic E-state index is 15.2. The highest BCUT2D eigenvalue weighted by Gasteiger charge is 2.26. The number of aromatic nitrogens is 4. The number of imidazole rings is 1. The number of hydrogen-bond donors (Lipinski definition) is 3. The third-order valence-corrected chi connectivity index (χ3v) is 7.56. The second kappa shape index (κ2) is 8.96. The highest BCUT2D eigenvalue weighted by Crippen LogP contribution is 2.31. The van der Waals surface area contributed by atoms with Gasteiger partial charge in [-0.1, -0.05) is 13.0 Å². The molecular formula is C25H22F2N6O3S. The van der Waals surface area contributed by atoms with E-state index in [4.69, 9.17) is 5.73 Å². The number of aryl methyl sites for hydroxylation is 1. The first-order chi connectivity index (χ1) is 17.6. The van der Waals surface area contributed by atoms with Crippen LogP contribution in [0.4, 0.5) is 20.4 Å². The van der Waals surface area contributed by atoms with Crippen LogP contribution in [0.15, 0.2) is 48.8 Å². The summed E-state index contributed by atoms with van der Waals surface area (Å²) >= 11 is 0. The van der Waals surface area contributed by atoms with E-state index < -0.39 is 38.7 Å². The van der Waals surface area contributed by atoms with Crippen molar-refractivity contribution >= 4 is 49.5 Å². The molecule has 0 fully saturated rings. The summed E-state index contributed by atoms with van der Waals surface area (Å²) in [5.74, 6) is -3.24. The first kappa shape index (κ1) is 24.4. The van der Waals surface area contributed by atoms with Crippen molar-refractivity contribution in [2.45, 2.75) is 13.3 Å². The van der Waals surface area contributed by atoms with Crippen LogP contribution in [-0.4, -0.2) is 39.5 Å². The SMILES string of the molecule is CCCS(=O)(=O)Nc1ccc(F)c(C(=O)c2c[nH]c3ncc(-c4ccc5c(c4)nc(N)n5C)cc23)c1F. The number of carbonyl (C=O) groups excluding carboxylic acids is 1. The summed E-state index contributed by atoms with van der Waals surface area (Å²) < 4.78 is 58.0. The molecular weight excluding hydrogens is 502 g/mol. The monoisotopic (exact) mass is 524 g/mol. The van der Waals surface area contributed by atoms with Crippen LogP contribution in [0.3, 0.4) is 0 Å². The fourth-order valence-electron chi connectivity index (χ4n) is 4.21. The van der Waals surface area contributed by atoms with Gasteiger partial charge in [-0.05, 0) is 42.3 Å². The molecule has 0 unspecified atom stereocenters. The second-order valence-corrected chi connectivity index (χ2v) is 10.4. The van der Waals surface area contributed by atoms with Gasteiger partial charge in [0.05, 0.1) is 28.0 Å². The number of aromatic amines is 1. The lowest BCUT2D eigenvalue weighted by atomic mass is 9.99. The Hall–Kier alpha value is -4.32. The minimum absolute atomic E-state index is 0.0149. The predicted octanol–water partition coefficient (Wildman–Crippen LogP) is 4.36. The third kappa shape index (κ3) is 4.29. The number of H-pyrrole nitrogens is 1. The second-order valence-electron chi connectivity index (χ2n) is 8.59. The van der Waals surface area contributed by atoms with E-state index in [1.807, 2.05) is 18.2 Å². The zero-order valence-corrected chi connectivity index (χ0v) is 20.7. The van der Waals surface area contributed by atoms with E-state index in [1.165, 1.54) is 6.20 Å². The molecule has 9 nitrogen and oxygen atoms in total. The normalized spacial score (nSPS) is 11.9. The van der Waals surface area contributed by atoms with E-state index >= 15 is 4.39 Å². The highest BCUT2D eigenvalue weighted by atomic mass is 32.2. The van der Waals surface area contributed by atoms with E-state index in [0.717, 1.165) is 23.2 Å². The number of nitrogens with two attached hydrogens (primary N) is 1. The zero-order valence-electron chi connectivity index (χ0n) is 19.8. The molecule has 0 radical (unpaired) electrons. The maximum atomic E-state index is 15.2. The van der Waals surface area contributed by atoms with Crippen molar-refractivity contribution in [1.29, 1.82) is 0 Å². The Labute approximate surface area is 210 Å². The van der Waals surface area contributed by atoms with Gasteiger partial charge in [0.1, 0.15) is 11.5 Å². The fourth-order valence-corrected chi connectivity index (χ4v) is 5.34. The molecule has 3 heterocycles. The molecule has 0 amide bonds. The first-order valence-corrected chi connectivity index (χ1v) is 13.0. The lowest BCUT2D eigenvalue weighted by Crippen LogP contribution is -2.18. The molecule has 4 N–H and O–H groups in total. The number of nitrogens with zero attached hydrogens (tertiary/aromatic N) is 3. The number of ketones is 1. The molecule has 0 saturated heterocycles. The molecule has 5 rings (SSSR count). The number of benzene rings is 2. The van der Waals surface area contributed by atoms with Crippen LogP contribution in [-0.2, 0) is 17.1 Å². The quantitative estimate of drug-likeness (QED) is 0.271. The number of halogens is 2. The van der Waals surface area contributed by atoms with Crippen LogP contribution in [0.1, 0.15) is 29.3 Å². The van der Waals surface area contributed by atoms with Gasteiger partial charge in [-0.3, -0.25) is 9.52 Å². The largest absolute Gasteiger partial charge is 0.369 e. The first-order valence-electron chi connectivity index (χ1n) is 11.3. The standard InChI is InChI=1S/C25H22F2N6O3S/c1-3-8-37(35,36)32-18-6-5-17(26)21(22(18)27)23(34)16-12-30-24-15(16)9-14(11-29-24)13-4-7-20-19(10-13)31-25(28)33(20)2/h4-7,9-12,32H,3,8H2,1-2H3,(H2,28,31)(H,29,30). The Bertz CT molecular complexity index is 1810. The summed E-state index contributed by atoms with van der Waals surface area (Å²) in [5.41, 5.74) is 7.77. The van der Waals surface area contributed by atoms with Crippen molar-refractivity contribution < 1.29 is 22.0 Å². The highest BCUT2D eigenvalue weighted by molar-refractivity contribution is 7.92. The molecule has 0 aliphatic heterocycles. The summed E-state index contributed by atoms with van der Waals surface area (Å²) in [6, 6.07) is 9.02. The molecule has 3 aromatic heterocycles. The van der Waals surface area contributed by atoms with Crippen LogP contribution >= 0.6 is 0 Å². The lowest BCUT2D eigenvalue weighted by molar-refractivity contribution is 0.103. The van der Waals surface area contributed by atoms with Crippen LogP contribution in [0.5, 0.6) is 0 Å². The van der Waals surface area contributed by atoms with Crippen LogP contribution in [0, 0.1) is 11.6 Å². The van der Waals surface area contributed by atoms with Gasteiger partial charge >= 0.3 is 0 Å². The van der Waals surface area contributed by atoms with Crippen LogP contribution < -0.4 is 10.5 Å². The molecule has 0 spiro atoms. The van der Waals surface area contributed by atoms with E-state index in [-0.39, 0.29) is 11.3 Å². The minimum Gasteiger partial charge on any atom is -0.369 e. The smallest absolute Gasteiger partial charge is 0.232 e. The summed E-state index contributed by atoms with van der Waals surface area (Å²) in [7, 11) is -2.06. The van der Waals surface area contributed by atoms with Crippen molar-refractivity contribution in [3.63, 3.8) is 0 Å². The van der Waals surface area contributed by atoms with E-state index in [2.05, 4.69) is 19.7 Å². The number of pyridine rings is 1. The Morgan fingerprint density at radius 3 is 2.70 bits per heavy atom. The lowest BCUT2D eigenvalue weighted by Gasteiger charge is -2.11. The predicted molar refractivity (Wildman–Crippen MR) is 138 cm³/mol. The topological polar surface area (TPSA) is 136 Å². The van der Waals surface area contributed by atoms with Gasteiger partial charge in [0, 0.05) is 36.0 Å². The van der Waals surface area contributed by atoms with Crippen molar-refractivity contribution in [1.82, 2.24) is 19.5 Å². The van der Waals surface area contributed by atoms with Crippen molar-refractivity contribution in [3.8, 4) is 11.1 Å². The minimum atomic E-state index is -3.86. The average Bonchev–Trinajstić information content (AvgIpc) is 3.40. The van der Waals surface area contributed by atoms with Crippen molar-refractivity contribution in [2.75, 3.05) is 16.2 Å². The molecule has 0 bridgehead atoms. The van der Waals surface area contributed by atoms with Crippen molar-refractivity contribution in [2.24, 2.45) is 7.05 Å². The molecule has 0 atom stereocenters. The summed E-state index contributed by atoms with van der Waals surface area (Å²) in [6.07, 6.45) is 3.22. The number of carbonyl (C=O) groups is 1. The molecule has 0 aliphatic rings. The maximum Gasteiger partial charge on any atom is 0.232 e. The number of rotatable bonds is 7. The summed E-state index contributed by atoms with van der Waals surface area (Å²) in [6.45, 7) is 1.65. The number of hydrogen-bond acceptors (Lipinski definition) is 6. The third-order valence-electron chi connectivity index (χ3n) is 6.08. The van der Waals surface area contributed by atoms with E-state index in [1.54, 1.807) is 30.8 Å². The molecule has 0 saturated carbocycles. The summed E-state index contributed by atoms with van der Waals surface area (Å²) in [4.78, 5) is 24.9. The Morgan fingerprint density at radius 2 is 1.95 bits per heavy atom. The molecule has 190 valence electrons. The van der Waals surface area contributed by atoms with Gasteiger partial charge in [0.2, 0.25) is 21.8 Å². The molecule has 2 aromatic carbocycles. The number of anilines is 2. The molecule has 5 aromatic rings. The molecule has 0 aliphatic carbocycles. The Morgan fingerprint density at radius 1 is 1.16 bits per heavy atom. The van der Waals surface area contributed by atoms with Crippen LogP contribution in [0.2, 0.25) is 0 Å². The zero-order chi connectivity index (χ0) is 26.5. The van der Waals surface area contributed by atoms with Gasteiger partial charge in [-0.15, -0.1) is 0 Å². The number of nitrogens with one attached hydrogen (secondary N) is 2. The number of sulfonamides is 1. The molecule has 12 heteroatoms. The fraction of sp³-hybridized carbons (Fsp3) is 0.160. The average molecular weight is 525 g/mol. The van der Waals surface area contributed by atoms with E-state index in [9.17, 15) is 17.6 Å². The number of nitrogen functional groups attached to an aromatic ring is 1. The summed E-state index contributed by atoms with van der Waals surface area (Å²) in [5, 5.41) is 0.346. The van der Waals surface area contributed by atoms with E-state index in [0.29, 0.717) is 34.5 Å². The van der Waals surface area contributed by atoms with Gasteiger partial charge in [0.25, 0.3) is 0 Å². The van der Waals surface area contributed by atoms with Gasteiger partial charge in [0.15, 0.2) is 5.82 Å². The van der Waals surface area contributed by atoms with Crippen LogP contribution in [0.25, 0.3) is 33.2 Å². The Balaban J connectivity index is 1.57.